The Labute approximate surface area is 111 Å². The van der Waals surface area contributed by atoms with Gasteiger partial charge < -0.3 is 14.8 Å². The van der Waals surface area contributed by atoms with E-state index >= 15 is 0 Å². The maximum atomic E-state index is 10.7. The van der Waals surface area contributed by atoms with Crippen LogP contribution in [-0.4, -0.2) is 20.7 Å². The Balaban J connectivity index is 2.08. The molecule has 2 N–H and O–H groups in total. The van der Waals surface area contributed by atoms with Crippen molar-refractivity contribution < 1.29 is 15.0 Å². The number of benzene rings is 1. The molecule has 0 amide bonds. The average Bonchev–Trinajstić information content (AvgIpc) is 2.87. The van der Waals surface area contributed by atoms with Crippen LogP contribution >= 0.6 is 0 Å². The molecule has 1 heterocycles. The number of aromatic nitrogens is 1. The molecule has 1 atom stereocenters. The monoisotopic (exact) mass is 259 g/mol. The van der Waals surface area contributed by atoms with Gasteiger partial charge in [0.2, 0.25) is 0 Å². The van der Waals surface area contributed by atoms with Crippen molar-refractivity contribution in [1.29, 1.82) is 0 Å². The summed E-state index contributed by atoms with van der Waals surface area (Å²) in [5.74, 6) is -0.916. The van der Waals surface area contributed by atoms with Gasteiger partial charge in [0.1, 0.15) is 0 Å². The fourth-order valence-electron chi connectivity index (χ4n) is 1.95. The van der Waals surface area contributed by atoms with Gasteiger partial charge >= 0.3 is 5.97 Å². The summed E-state index contributed by atoms with van der Waals surface area (Å²) in [7, 11) is 0. The first-order valence-electron chi connectivity index (χ1n) is 6.26. The summed E-state index contributed by atoms with van der Waals surface area (Å²) < 4.78 is 1.98. The smallest absolute Gasteiger partial charge is 0.335 e. The Bertz CT molecular complexity index is 557. The molecule has 0 radical (unpaired) electrons. The van der Waals surface area contributed by atoms with Gasteiger partial charge in [0.05, 0.1) is 11.7 Å². The first-order chi connectivity index (χ1) is 9.10. The minimum Gasteiger partial charge on any atom is -0.478 e. The molecule has 1 aromatic heterocycles. The third-order valence-corrected chi connectivity index (χ3v) is 3.11. The number of carbonyl (C=O) groups is 1. The molecule has 0 aliphatic carbocycles. The van der Waals surface area contributed by atoms with Crippen LogP contribution in [0.25, 0.3) is 0 Å². The van der Waals surface area contributed by atoms with Crippen LogP contribution in [0, 0.1) is 0 Å². The number of nitrogens with zero attached hydrogens (tertiary/aromatic N) is 1. The molecular formula is C15H17NO3. The topological polar surface area (TPSA) is 62.5 Å². The van der Waals surface area contributed by atoms with Crippen molar-refractivity contribution in [2.45, 2.75) is 26.0 Å². The van der Waals surface area contributed by atoms with Gasteiger partial charge in [-0.1, -0.05) is 19.1 Å². The van der Waals surface area contributed by atoms with E-state index in [0.29, 0.717) is 18.5 Å². The minimum atomic E-state index is -0.916. The molecule has 0 saturated carbocycles. The molecule has 1 unspecified atom stereocenters. The SMILES string of the molecule is CCC(O)c1ccn(Cc2ccc(C(=O)O)cc2)c1. The van der Waals surface area contributed by atoms with E-state index in [1.54, 1.807) is 24.3 Å². The fourth-order valence-corrected chi connectivity index (χ4v) is 1.95. The highest BCUT2D eigenvalue weighted by Crippen LogP contribution is 2.17. The van der Waals surface area contributed by atoms with Gasteiger partial charge in [0.15, 0.2) is 0 Å². The van der Waals surface area contributed by atoms with Crippen molar-refractivity contribution in [2.24, 2.45) is 0 Å². The van der Waals surface area contributed by atoms with Crippen LogP contribution in [0.15, 0.2) is 42.7 Å². The Morgan fingerprint density at radius 3 is 2.53 bits per heavy atom. The van der Waals surface area contributed by atoms with E-state index in [2.05, 4.69) is 0 Å². The molecule has 0 aliphatic rings. The summed E-state index contributed by atoms with van der Waals surface area (Å²) in [6.45, 7) is 2.60. The molecule has 0 fully saturated rings. The van der Waals surface area contributed by atoms with Gasteiger partial charge in [-0.2, -0.15) is 0 Å². The van der Waals surface area contributed by atoms with Crippen molar-refractivity contribution >= 4 is 5.97 Å². The van der Waals surface area contributed by atoms with Gasteiger partial charge in [-0.15, -0.1) is 0 Å². The highest BCUT2D eigenvalue weighted by atomic mass is 16.4. The van der Waals surface area contributed by atoms with E-state index in [4.69, 9.17) is 5.11 Å². The lowest BCUT2D eigenvalue weighted by Gasteiger charge is -2.05. The molecule has 19 heavy (non-hydrogen) atoms. The maximum Gasteiger partial charge on any atom is 0.335 e. The number of carboxylic acids is 1. The van der Waals surface area contributed by atoms with E-state index in [1.165, 1.54) is 0 Å². The Morgan fingerprint density at radius 1 is 1.26 bits per heavy atom. The molecule has 100 valence electrons. The summed E-state index contributed by atoms with van der Waals surface area (Å²) in [5.41, 5.74) is 2.22. The molecule has 0 aliphatic heterocycles. The lowest BCUT2D eigenvalue weighted by Crippen LogP contribution is -2.00. The van der Waals surface area contributed by atoms with Gasteiger partial charge in [0, 0.05) is 18.9 Å². The number of carboxylic acid groups (broad SMARTS) is 1. The first kappa shape index (κ1) is 13.4. The molecule has 4 heteroatoms. The average molecular weight is 259 g/mol. The molecular weight excluding hydrogens is 242 g/mol. The molecule has 2 rings (SSSR count). The zero-order valence-electron chi connectivity index (χ0n) is 10.8. The van der Waals surface area contributed by atoms with E-state index in [0.717, 1.165) is 11.1 Å². The lowest BCUT2D eigenvalue weighted by atomic mass is 10.1. The molecule has 0 saturated heterocycles. The van der Waals surface area contributed by atoms with E-state index < -0.39 is 12.1 Å². The zero-order valence-corrected chi connectivity index (χ0v) is 10.8. The van der Waals surface area contributed by atoms with Crippen LogP contribution in [0.2, 0.25) is 0 Å². The Morgan fingerprint density at radius 2 is 1.95 bits per heavy atom. The largest absolute Gasteiger partial charge is 0.478 e. The molecule has 0 spiro atoms. The third-order valence-electron chi connectivity index (χ3n) is 3.11. The second-order valence-electron chi connectivity index (χ2n) is 4.54. The Kier molecular flexibility index (Phi) is 4.02. The number of aliphatic hydroxyl groups excluding tert-OH is 1. The summed E-state index contributed by atoms with van der Waals surface area (Å²) in [6.07, 6.45) is 4.10. The van der Waals surface area contributed by atoms with Crippen LogP contribution in [0.1, 0.15) is 40.9 Å². The summed E-state index contributed by atoms with van der Waals surface area (Å²) >= 11 is 0. The van der Waals surface area contributed by atoms with E-state index in [9.17, 15) is 9.90 Å². The summed E-state index contributed by atoms with van der Waals surface area (Å²) in [4.78, 5) is 10.7. The molecule has 1 aromatic carbocycles. The van der Waals surface area contributed by atoms with E-state index in [1.807, 2.05) is 30.0 Å². The Hall–Kier alpha value is -2.07. The van der Waals surface area contributed by atoms with Crippen molar-refractivity contribution in [3.8, 4) is 0 Å². The quantitative estimate of drug-likeness (QED) is 0.867. The number of rotatable bonds is 5. The van der Waals surface area contributed by atoms with Gasteiger partial charge in [-0.05, 0) is 35.7 Å². The molecule has 4 nitrogen and oxygen atoms in total. The highest BCUT2D eigenvalue weighted by Gasteiger charge is 2.07. The minimum absolute atomic E-state index is 0.290. The lowest BCUT2D eigenvalue weighted by molar-refractivity contribution is 0.0697. The standard InChI is InChI=1S/C15H17NO3/c1-2-14(17)13-7-8-16(10-13)9-11-3-5-12(6-4-11)15(18)19/h3-8,10,14,17H,2,9H2,1H3,(H,18,19). The van der Waals surface area contributed by atoms with Crippen LogP contribution in [0.4, 0.5) is 0 Å². The van der Waals surface area contributed by atoms with Crippen LogP contribution in [-0.2, 0) is 6.54 Å². The van der Waals surface area contributed by atoms with Crippen LogP contribution < -0.4 is 0 Å². The summed E-state index contributed by atoms with van der Waals surface area (Å²) in [5, 5.41) is 18.6. The predicted molar refractivity (Wildman–Crippen MR) is 72.2 cm³/mol. The highest BCUT2D eigenvalue weighted by molar-refractivity contribution is 5.87. The van der Waals surface area contributed by atoms with Crippen molar-refractivity contribution in [1.82, 2.24) is 4.57 Å². The predicted octanol–water partition coefficient (Wildman–Crippen LogP) is 2.68. The number of hydrogen-bond acceptors (Lipinski definition) is 2. The first-order valence-corrected chi connectivity index (χ1v) is 6.26. The van der Waals surface area contributed by atoms with Crippen LogP contribution in [0.3, 0.4) is 0 Å². The number of aromatic carboxylic acids is 1. The van der Waals surface area contributed by atoms with Crippen LogP contribution in [0.5, 0.6) is 0 Å². The fraction of sp³-hybridized carbons (Fsp3) is 0.267. The van der Waals surface area contributed by atoms with Gasteiger partial charge in [-0.25, -0.2) is 4.79 Å². The number of aliphatic hydroxyl groups is 1. The third kappa shape index (κ3) is 3.23. The van der Waals surface area contributed by atoms with Crippen molar-refractivity contribution in [3.63, 3.8) is 0 Å². The van der Waals surface area contributed by atoms with Crippen molar-refractivity contribution in [3.05, 3.63) is 59.4 Å². The zero-order chi connectivity index (χ0) is 13.8. The number of hydrogen-bond donors (Lipinski definition) is 2. The van der Waals surface area contributed by atoms with Gasteiger partial charge in [-0.3, -0.25) is 0 Å². The second-order valence-corrected chi connectivity index (χ2v) is 4.54. The second kappa shape index (κ2) is 5.71. The summed E-state index contributed by atoms with van der Waals surface area (Å²) in [6, 6.07) is 8.71. The van der Waals surface area contributed by atoms with Crippen molar-refractivity contribution in [2.75, 3.05) is 0 Å². The molecule has 2 aromatic rings. The van der Waals surface area contributed by atoms with E-state index in [-0.39, 0.29) is 0 Å². The normalized spacial score (nSPS) is 12.3. The maximum absolute atomic E-state index is 10.7. The molecule has 0 bridgehead atoms. The van der Waals surface area contributed by atoms with Gasteiger partial charge in [0.25, 0.3) is 0 Å².